The van der Waals surface area contributed by atoms with E-state index in [2.05, 4.69) is 26.1 Å². The molecular weight excluding hydrogens is 219 g/mol. The van der Waals surface area contributed by atoms with Gasteiger partial charge >= 0.3 is 0 Å². The Morgan fingerprint density at radius 3 is 3.00 bits per heavy atom. The Morgan fingerprint density at radius 1 is 1.90 bits per heavy atom. The summed E-state index contributed by atoms with van der Waals surface area (Å²) in [5.74, 6) is -0.0706. The molecule has 1 rings (SSSR count). The van der Waals surface area contributed by atoms with Crippen molar-refractivity contribution in [3.8, 4) is 0 Å². The average Bonchev–Trinajstić information content (AvgIpc) is 2.34. The normalized spacial score (nSPS) is 9.80. The van der Waals surface area contributed by atoms with Gasteiger partial charge in [0.05, 0.1) is 10.9 Å². The lowest BCUT2D eigenvalue weighted by Gasteiger charge is -1.87. The fraction of sp³-hybridized carbons (Fsp3) is 0.200. The number of alkyl halides is 1. The molecule has 0 bridgehead atoms. The maximum absolute atomic E-state index is 10.9. The molecule has 0 aliphatic carbocycles. The van der Waals surface area contributed by atoms with E-state index >= 15 is 0 Å². The molecule has 0 radical (unpaired) electrons. The van der Waals surface area contributed by atoms with Crippen LogP contribution in [-0.4, -0.2) is 21.3 Å². The Labute approximate surface area is 70.9 Å². The van der Waals surface area contributed by atoms with Gasteiger partial charge in [-0.1, -0.05) is 27.5 Å². The second kappa shape index (κ2) is 3.16. The predicted octanol–water partition coefficient (Wildman–Crippen LogP) is 1.64. The van der Waals surface area contributed by atoms with Gasteiger partial charge in [-0.2, -0.15) is 5.10 Å². The molecule has 54 valence electrons. The summed E-state index contributed by atoms with van der Waals surface area (Å²) < 4.78 is 0. The minimum atomic E-state index is -0.0706. The zero-order valence-electron chi connectivity index (χ0n) is 4.90. The number of aromatic amines is 1. The van der Waals surface area contributed by atoms with Crippen LogP contribution in [0.25, 0.3) is 0 Å². The van der Waals surface area contributed by atoms with Crippen LogP contribution >= 0.6 is 27.5 Å². The summed E-state index contributed by atoms with van der Waals surface area (Å²) in [6.45, 7) is 0. The first-order valence-electron chi connectivity index (χ1n) is 2.54. The van der Waals surface area contributed by atoms with Crippen LogP contribution in [0.15, 0.2) is 6.20 Å². The van der Waals surface area contributed by atoms with Crippen molar-refractivity contribution in [3.63, 3.8) is 0 Å². The maximum Gasteiger partial charge on any atom is 0.178 e. The molecule has 0 fully saturated rings. The highest BCUT2D eigenvalue weighted by atomic mass is 79.9. The first-order valence-corrected chi connectivity index (χ1v) is 4.04. The number of Topliss-reactive ketones (excluding diaryl/α,β-unsaturated/α-hetero) is 1. The van der Waals surface area contributed by atoms with Gasteiger partial charge in [0.15, 0.2) is 10.9 Å². The number of rotatable bonds is 2. The van der Waals surface area contributed by atoms with Crippen LogP contribution in [0.5, 0.6) is 0 Å². The number of aromatic nitrogens is 2. The molecule has 0 unspecified atom stereocenters. The SMILES string of the molecule is O=C(CBr)c1c[nH]nc1Cl. The first kappa shape index (κ1) is 7.75. The number of nitrogens with zero attached hydrogens (tertiary/aromatic N) is 1. The molecule has 0 aromatic carbocycles. The summed E-state index contributed by atoms with van der Waals surface area (Å²) in [4.78, 5) is 10.9. The zero-order valence-corrected chi connectivity index (χ0v) is 7.24. The van der Waals surface area contributed by atoms with Crippen LogP contribution in [0, 0.1) is 0 Å². The van der Waals surface area contributed by atoms with Crippen LogP contribution in [0.1, 0.15) is 10.4 Å². The molecule has 1 N–H and O–H groups in total. The molecule has 0 aliphatic heterocycles. The van der Waals surface area contributed by atoms with Gasteiger partial charge in [-0.05, 0) is 0 Å². The molecule has 0 spiro atoms. The van der Waals surface area contributed by atoms with Crippen molar-refractivity contribution >= 4 is 33.3 Å². The van der Waals surface area contributed by atoms with Gasteiger partial charge in [0.2, 0.25) is 0 Å². The molecular formula is C5H4BrClN2O. The summed E-state index contributed by atoms with van der Waals surface area (Å²) in [5, 5.41) is 6.57. The Kier molecular flexibility index (Phi) is 2.45. The molecule has 10 heavy (non-hydrogen) atoms. The van der Waals surface area contributed by atoms with Gasteiger partial charge in [0, 0.05) is 6.20 Å². The van der Waals surface area contributed by atoms with Crippen molar-refractivity contribution in [2.45, 2.75) is 0 Å². The number of ketones is 1. The average molecular weight is 223 g/mol. The molecule has 0 saturated carbocycles. The van der Waals surface area contributed by atoms with Gasteiger partial charge in [-0.15, -0.1) is 0 Å². The third-order valence-electron chi connectivity index (χ3n) is 1.02. The third-order valence-corrected chi connectivity index (χ3v) is 1.81. The van der Waals surface area contributed by atoms with Gasteiger partial charge in [0.25, 0.3) is 0 Å². The molecule has 0 atom stereocenters. The van der Waals surface area contributed by atoms with E-state index in [9.17, 15) is 4.79 Å². The topological polar surface area (TPSA) is 45.8 Å². The summed E-state index contributed by atoms with van der Waals surface area (Å²) in [6, 6.07) is 0. The third kappa shape index (κ3) is 1.38. The minimum Gasteiger partial charge on any atom is -0.293 e. The molecule has 1 heterocycles. The Bertz CT molecular complexity index is 248. The molecule has 0 saturated heterocycles. The summed E-state index contributed by atoms with van der Waals surface area (Å²) in [6.07, 6.45) is 1.48. The summed E-state index contributed by atoms with van der Waals surface area (Å²) in [5.41, 5.74) is 0.429. The van der Waals surface area contributed by atoms with E-state index in [1.165, 1.54) is 6.20 Å². The fourth-order valence-corrected chi connectivity index (χ4v) is 1.05. The first-order chi connectivity index (χ1) is 4.75. The largest absolute Gasteiger partial charge is 0.293 e. The van der Waals surface area contributed by atoms with Crippen LogP contribution in [0.3, 0.4) is 0 Å². The monoisotopic (exact) mass is 222 g/mol. The highest BCUT2D eigenvalue weighted by Crippen LogP contribution is 2.11. The number of carbonyl (C=O) groups is 1. The van der Waals surface area contributed by atoms with Crippen molar-refractivity contribution < 1.29 is 4.79 Å². The number of nitrogens with one attached hydrogen (secondary N) is 1. The van der Waals surface area contributed by atoms with Gasteiger partial charge < -0.3 is 0 Å². The highest BCUT2D eigenvalue weighted by Gasteiger charge is 2.09. The van der Waals surface area contributed by atoms with Crippen molar-refractivity contribution in [3.05, 3.63) is 16.9 Å². The molecule has 1 aromatic rings. The molecule has 3 nitrogen and oxygen atoms in total. The van der Waals surface area contributed by atoms with Crippen molar-refractivity contribution in [2.24, 2.45) is 0 Å². The van der Waals surface area contributed by atoms with Crippen LogP contribution in [0.4, 0.5) is 0 Å². The Balaban J connectivity index is 2.93. The lowest BCUT2D eigenvalue weighted by Crippen LogP contribution is -1.97. The zero-order chi connectivity index (χ0) is 7.56. The maximum atomic E-state index is 10.9. The van der Waals surface area contributed by atoms with Crippen molar-refractivity contribution in [1.82, 2.24) is 10.2 Å². The number of hydrogen-bond acceptors (Lipinski definition) is 2. The van der Waals surface area contributed by atoms with Crippen molar-refractivity contribution in [2.75, 3.05) is 5.33 Å². The lowest BCUT2D eigenvalue weighted by atomic mass is 10.3. The second-order valence-corrected chi connectivity index (χ2v) is 2.57. The van der Waals surface area contributed by atoms with Crippen LogP contribution in [-0.2, 0) is 0 Å². The molecule has 0 amide bonds. The number of carbonyl (C=O) groups excluding carboxylic acids is 1. The number of halogens is 2. The number of hydrogen-bond donors (Lipinski definition) is 1. The van der Waals surface area contributed by atoms with E-state index in [1.807, 2.05) is 0 Å². The van der Waals surface area contributed by atoms with Crippen molar-refractivity contribution in [1.29, 1.82) is 0 Å². The van der Waals surface area contributed by atoms with Gasteiger partial charge in [0.1, 0.15) is 0 Å². The summed E-state index contributed by atoms with van der Waals surface area (Å²) in [7, 11) is 0. The smallest absolute Gasteiger partial charge is 0.178 e. The van der Waals surface area contributed by atoms with E-state index < -0.39 is 0 Å². The quantitative estimate of drug-likeness (QED) is 0.612. The van der Waals surface area contributed by atoms with Gasteiger partial charge in [-0.25, -0.2) is 0 Å². The van der Waals surface area contributed by atoms with E-state index in [4.69, 9.17) is 11.6 Å². The fourth-order valence-electron chi connectivity index (χ4n) is 0.541. The minimum absolute atomic E-state index is 0.0706. The van der Waals surface area contributed by atoms with E-state index in [1.54, 1.807) is 0 Å². The Hall–Kier alpha value is -0.350. The lowest BCUT2D eigenvalue weighted by molar-refractivity contribution is 0.102. The molecule has 5 heteroatoms. The van der Waals surface area contributed by atoms with Gasteiger partial charge in [-0.3, -0.25) is 9.89 Å². The van der Waals surface area contributed by atoms with Crippen LogP contribution < -0.4 is 0 Å². The molecule has 0 aliphatic rings. The summed E-state index contributed by atoms with van der Waals surface area (Å²) >= 11 is 8.55. The molecule has 1 aromatic heterocycles. The number of H-pyrrole nitrogens is 1. The Morgan fingerprint density at radius 2 is 2.60 bits per heavy atom. The predicted molar refractivity (Wildman–Crippen MR) is 41.7 cm³/mol. The standard InChI is InChI=1S/C5H4BrClN2O/c6-1-4(10)3-2-8-9-5(3)7/h2H,1H2,(H,8,9). The van der Waals surface area contributed by atoms with Crippen LogP contribution in [0.2, 0.25) is 5.15 Å². The van der Waals surface area contributed by atoms with E-state index in [0.29, 0.717) is 5.56 Å². The van der Waals surface area contributed by atoms with E-state index in [-0.39, 0.29) is 16.3 Å². The van der Waals surface area contributed by atoms with E-state index in [0.717, 1.165) is 0 Å². The highest BCUT2D eigenvalue weighted by molar-refractivity contribution is 9.09. The second-order valence-electron chi connectivity index (χ2n) is 1.65.